The Kier molecular flexibility index (Phi) is 3.65. The average molecular weight is 248 g/mol. The summed E-state index contributed by atoms with van der Waals surface area (Å²) >= 11 is 0. The highest BCUT2D eigenvalue weighted by Crippen LogP contribution is 2.22. The van der Waals surface area contributed by atoms with Crippen LogP contribution in [-0.4, -0.2) is 28.7 Å². The lowest BCUT2D eigenvalue weighted by atomic mass is 9.93. The fraction of sp³-hybridized carbons (Fsp3) is 0.500. The van der Waals surface area contributed by atoms with Gasteiger partial charge in [0.05, 0.1) is 17.2 Å². The van der Waals surface area contributed by atoms with E-state index in [1.54, 1.807) is 6.07 Å². The molecular formula is C14H17FN2O. The summed E-state index contributed by atoms with van der Waals surface area (Å²) in [4.78, 5) is 2.17. The second kappa shape index (κ2) is 5.05. The molecule has 0 saturated carbocycles. The summed E-state index contributed by atoms with van der Waals surface area (Å²) in [6.07, 6.45) is 1.46. The van der Waals surface area contributed by atoms with E-state index in [9.17, 15) is 9.50 Å². The number of likely N-dealkylation sites (tertiary alicyclic amines) is 1. The van der Waals surface area contributed by atoms with Crippen molar-refractivity contribution in [3.05, 3.63) is 35.1 Å². The van der Waals surface area contributed by atoms with Crippen LogP contribution in [0.4, 0.5) is 4.39 Å². The Morgan fingerprint density at radius 3 is 2.67 bits per heavy atom. The van der Waals surface area contributed by atoms with E-state index in [2.05, 4.69) is 4.90 Å². The number of aliphatic hydroxyl groups is 1. The maximum absolute atomic E-state index is 13.3. The maximum Gasteiger partial charge on any atom is 0.124 e. The number of benzene rings is 1. The van der Waals surface area contributed by atoms with Gasteiger partial charge in [-0.25, -0.2) is 4.39 Å². The number of hydrogen-bond donors (Lipinski definition) is 1. The smallest absolute Gasteiger partial charge is 0.124 e. The minimum atomic E-state index is -0.573. The third-order valence-electron chi connectivity index (χ3n) is 3.43. The van der Waals surface area contributed by atoms with Gasteiger partial charge in [-0.15, -0.1) is 0 Å². The van der Waals surface area contributed by atoms with Gasteiger partial charge in [-0.1, -0.05) is 0 Å². The molecule has 3 nitrogen and oxygen atoms in total. The number of nitriles is 1. The average Bonchev–Trinajstić information content (AvgIpc) is 2.31. The van der Waals surface area contributed by atoms with E-state index in [0.29, 0.717) is 12.1 Å². The quantitative estimate of drug-likeness (QED) is 0.871. The largest absolute Gasteiger partial charge is 0.390 e. The van der Waals surface area contributed by atoms with Crippen molar-refractivity contribution in [3.8, 4) is 6.07 Å². The Morgan fingerprint density at radius 2 is 2.06 bits per heavy atom. The van der Waals surface area contributed by atoms with Gasteiger partial charge in [0.25, 0.3) is 0 Å². The molecule has 1 fully saturated rings. The van der Waals surface area contributed by atoms with E-state index in [-0.39, 0.29) is 5.82 Å². The van der Waals surface area contributed by atoms with Gasteiger partial charge in [-0.05, 0) is 43.5 Å². The topological polar surface area (TPSA) is 47.3 Å². The standard InChI is InChI=1S/C14H17FN2O/c1-14(18)2-4-17(5-3-14)10-12-6-11(9-16)7-13(15)8-12/h6-8,18H,2-5,10H2,1H3. The zero-order valence-electron chi connectivity index (χ0n) is 10.5. The fourth-order valence-electron chi connectivity index (χ4n) is 2.26. The molecule has 1 aliphatic rings. The van der Waals surface area contributed by atoms with Gasteiger partial charge in [0, 0.05) is 19.6 Å². The van der Waals surface area contributed by atoms with E-state index < -0.39 is 5.60 Å². The van der Waals surface area contributed by atoms with Crippen LogP contribution < -0.4 is 0 Å². The molecule has 1 N–H and O–H groups in total. The molecule has 1 saturated heterocycles. The fourth-order valence-corrected chi connectivity index (χ4v) is 2.26. The first-order valence-electron chi connectivity index (χ1n) is 6.13. The van der Waals surface area contributed by atoms with Crippen molar-refractivity contribution in [1.29, 1.82) is 5.26 Å². The lowest BCUT2D eigenvalue weighted by Gasteiger charge is -2.35. The maximum atomic E-state index is 13.3. The molecule has 0 aromatic heterocycles. The van der Waals surface area contributed by atoms with Crippen molar-refractivity contribution in [3.63, 3.8) is 0 Å². The van der Waals surface area contributed by atoms with Crippen LogP contribution in [0.15, 0.2) is 18.2 Å². The van der Waals surface area contributed by atoms with Crippen LogP contribution in [0.5, 0.6) is 0 Å². The summed E-state index contributed by atoms with van der Waals surface area (Å²) in [5.74, 6) is -0.368. The molecule has 1 aromatic rings. The van der Waals surface area contributed by atoms with Crippen molar-refractivity contribution >= 4 is 0 Å². The third-order valence-corrected chi connectivity index (χ3v) is 3.43. The molecule has 96 valence electrons. The van der Waals surface area contributed by atoms with Crippen LogP contribution in [0, 0.1) is 17.1 Å². The summed E-state index contributed by atoms with van der Waals surface area (Å²) in [6, 6.07) is 6.38. The van der Waals surface area contributed by atoms with Crippen molar-refractivity contribution in [1.82, 2.24) is 4.90 Å². The highest BCUT2D eigenvalue weighted by atomic mass is 19.1. The zero-order valence-corrected chi connectivity index (χ0v) is 10.5. The Balaban J connectivity index is 2.02. The van der Waals surface area contributed by atoms with Gasteiger partial charge in [-0.2, -0.15) is 5.26 Å². The highest BCUT2D eigenvalue weighted by molar-refractivity contribution is 5.33. The zero-order chi connectivity index (χ0) is 13.2. The molecule has 0 atom stereocenters. The molecule has 0 amide bonds. The molecule has 0 bridgehead atoms. The molecule has 0 unspecified atom stereocenters. The molecule has 1 aliphatic heterocycles. The van der Waals surface area contributed by atoms with Gasteiger partial charge in [0.1, 0.15) is 5.82 Å². The molecule has 4 heteroatoms. The Hall–Kier alpha value is -1.44. The van der Waals surface area contributed by atoms with Crippen LogP contribution in [0.25, 0.3) is 0 Å². The summed E-state index contributed by atoms with van der Waals surface area (Å²) < 4.78 is 13.3. The minimum Gasteiger partial charge on any atom is -0.390 e. The van der Waals surface area contributed by atoms with Gasteiger partial charge < -0.3 is 5.11 Å². The first kappa shape index (κ1) is 13.0. The number of hydrogen-bond acceptors (Lipinski definition) is 3. The van der Waals surface area contributed by atoms with Crippen molar-refractivity contribution in [2.24, 2.45) is 0 Å². The predicted molar refractivity (Wildman–Crippen MR) is 66.2 cm³/mol. The van der Waals surface area contributed by atoms with Gasteiger partial charge in [0.15, 0.2) is 0 Å². The molecule has 0 radical (unpaired) electrons. The molecule has 18 heavy (non-hydrogen) atoms. The summed E-state index contributed by atoms with van der Waals surface area (Å²) in [5.41, 5.74) is 0.595. The van der Waals surface area contributed by atoms with Gasteiger partial charge in [0.2, 0.25) is 0 Å². The van der Waals surface area contributed by atoms with Gasteiger partial charge >= 0.3 is 0 Å². The molecule has 0 aliphatic carbocycles. The lowest BCUT2D eigenvalue weighted by Crippen LogP contribution is -2.41. The van der Waals surface area contributed by atoms with Crippen LogP contribution in [-0.2, 0) is 6.54 Å². The predicted octanol–water partition coefficient (Wildman–Crippen LogP) is 2.04. The van der Waals surface area contributed by atoms with E-state index in [1.807, 2.05) is 13.0 Å². The lowest BCUT2D eigenvalue weighted by molar-refractivity contribution is -0.00732. The number of rotatable bonds is 2. The van der Waals surface area contributed by atoms with E-state index >= 15 is 0 Å². The van der Waals surface area contributed by atoms with E-state index in [1.165, 1.54) is 12.1 Å². The van der Waals surface area contributed by atoms with Crippen LogP contribution in [0.2, 0.25) is 0 Å². The molecule has 2 rings (SSSR count). The number of halogens is 1. The highest BCUT2D eigenvalue weighted by Gasteiger charge is 2.27. The molecular weight excluding hydrogens is 231 g/mol. The normalized spacial score (nSPS) is 19.4. The van der Waals surface area contributed by atoms with Crippen molar-refractivity contribution in [2.45, 2.75) is 31.9 Å². The van der Waals surface area contributed by atoms with Crippen LogP contribution in [0.3, 0.4) is 0 Å². The monoisotopic (exact) mass is 248 g/mol. The SMILES string of the molecule is CC1(O)CCN(Cc2cc(F)cc(C#N)c2)CC1. The third kappa shape index (κ3) is 3.28. The van der Waals surface area contributed by atoms with E-state index in [0.717, 1.165) is 31.5 Å². The summed E-state index contributed by atoms with van der Waals surface area (Å²) in [6.45, 7) is 4.07. The molecule has 0 spiro atoms. The van der Waals surface area contributed by atoms with Crippen molar-refractivity contribution in [2.75, 3.05) is 13.1 Å². The molecule has 1 heterocycles. The Morgan fingerprint density at radius 1 is 1.39 bits per heavy atom. The first-order valence-corrected chi connectivity index (χ1v) is 6.13. The second-order valence-electron chi connectivity index (χ2n) is 5.23. The van der Waals surface area contributed by atoms with Crippen molar-refractivity contribution < 1.29 is 9.50 Å². The second-order valence-corrected chi connectivity index (χ2v) is 5.23. The Labute approximate surface area is 106 Å². The number of piperidine rings is 1. The first-order chi connectivity index (χ1) is 8.48. The van der Waals surface area contributed by atoms with Crippen LogP contribution in [0.1, 0.15) is 30.9 Å². The van der Waals surface area contributed by atoms with E-state index in [4.69, 9.17) is 5.26 Å². The Bertz CT molecular complexity index is 469. The van der Waals surface area contributed by atoms with Crippen LogP contribution >= 0.6 is 0 Å². The molecule has 1 aromatic carbocycles. The summed E-state index contributed by atoms with van der Waals surface area (Å²) in [7, 11) is 0. The van der Waals surface area contributed by atoms with Gasteiger partial charge in [-0.3, -0.25) is 4.90 Å². The summed E-state index contributed by atoms with van der Waals surface area (Å²) in [5, 5.41) is 18.7. The minimum absolute atomic E-state index is 0.356. The number of nitrogens with zero attached hydrogens (tertiary/aromatic N) is 2.